The van der Waals surface area contributed by atoms with E-state index in [1.807, 2.05) is 19.9 Å². The summed E-state index contributed by atoms with van der Waals surface area (Å²) in [6, 6.07) is 6.95. The molecule has 100 valence electrons. The molecule has 0 saturated heterocycles. The van der Waals surface area contributed by atoms with Crippen LogP contribution in [0.3, 0.4) is 0 Å². The van der Waals surface area contributed by atoms with Gasteiger partial charge in [0.15, 0.2) is 12.4 Å². The van der Waals surface area contributed by atoms with Crippen molar-refractivity contribution < 1.29 is 9.53 Å². The van der Waals surface area contributed by atoms with Gasteiger partial charge in [0.25, 0.3) is 0 Å². The number of carbonyl (C=O) groups is 1. The van der Waals surface area contributed by atoms with Gasteiger partial charge < -0.3 is 4.74 Å². The number of benzene rings is 1. The zero-order chi connectivity index (χ0) is 14.0. The summed E-state index contributed by atoms with van der Waals surface area (Å²) in [5.74, 6) is 0.279. The fraction of sp³-hybridized carbons (Fsp3) is 0.214. The van der Waals surface area contributed by atoms with E-state index in [2.05, 4.69) is 0 Å². The first kappa shape index (κ1) is 14.4. The van der Waals surface area contributed by atoms with Crippen molar-refractivity contribution >= 4 is 40.3 Å². The number of hydrogen-bond acceptors (Lipinski definition) is 3. The number of para-hydroxylation sites is 1. The molecular formula is C14H12Cl2O2S. The molecule has 2 nitrogen and oxygen atoms in total. The Morgan fingerprint density at radius 3 is 2.42 bits per heavy atom. The maximum Gasteiger partial charge on any atom is 0.201 e. The molecule has 5 heteroatoms. The number of Topliss-reactive ketones (excluding diaryl/α,β-unsaturated/α-hetero) is 1. The molecule has 0 saturated carbocycles. The van der Waals surface area contributed by atoms with E-state index < -0.39 is 0 Å². The van der Waals surface area contributed by atoms with Crippen LogP contribution in [-0.4, -0.2) is 12.4 Å². The number of rotatable bonds is 4. The van der Waals surface area contributed by atoms with Gasteiger partial charge >= 0.3 is 0 Å². The first-order chi connectivity index (χ1) is 8.99. The van der Waals surface area contributed by atoms with Crippen molar-refractivity contribution in [2.24, 2.45) is 0 Å². The number of aryl methyl sites for hydroxylation is 2. The monoisotopic (exact) mass is 314 g/mol. The van der Waals surface area contributed by atoms with Crippen LogP contribution < -0.4 is 4.74 Å². The average Bonchev–Trinajstić information content (AvgIpc) is 2.67. The number of halogens is 2. The highest BCUT2D eigenvalue weighted by Gasteiger charge is 2.14. The Labute approximate surface area is 125 Å². The molecule has 2 rings (SSSR count). The summed E-state index contributed by atoms with van der Waals surface area (Å²) in [4.78, 5) is 14.2. The van der Waals surface area contributed by atoms with E-state index in [9.17, 15) is 4.79 Å². The Bertz CT molecular complexity index is 600. The Kier molecular flexibility index (Phi) is 4.50. The molecule has 0 spiro atoms. The van der Waals surface area contributed by atoms with Crippen LogP contribution in [0.5, 0.6) is 5.75 Å². The molecule has 1 aromatic carbocycles. The molecular weight excluding hydrogens is 303 g/mol. The van der Waals surface area contributed by atoms with Crippen LogP contribution in [0, 0.1) is 13.8 Å². The largest absolute Gasteiger partial charge is 0.482 e. The van der Waals surface area contributed by atoms with Crippen molar-refractivity contribution in [1.29, 1.82) is 0 Å². The maximum atomic E-state index is 12.1. The van der Waals surface area contributed by atoms with Gasteiger partial charge in [-0.25, -0.2) is 0 Å². The summed E-state index contributed by atoms with van der Waals surface area (Å²) in [6.45, 7) is 3.83. The third kappa shape index (κ3) is 3.30. The number of thiophene rings is 1. The van der Waals surface area contributed by atoms with Crippen LogP contribution >= 0.6 is 34.5 Å². The lowest BCUT2D eigenvalue weighted by molar-refractivity contribution is 0.0921. The van der Waals surface area contributed by atoms with E-state index in [1.54, 1.807) is 29.5 Å². The van der Waals surface area contributed by atoms with Crippen LogP contribution in [-0.2, 0) is 0 Å². The Balaban J connectivity index is 2.11. The van der Waals surface area contributed by atoms with Gasteiger partial charge in [-0.15, -0.1) is 11.3 Å². The highest BCUT2D eigenvalue weighted by Crippen LogP contribution is 2.32. The van der Waals surface area contributed by atoms with Crippen LogP contribution in [0.15, 0.2) is 24.3 Å². The molecule has 0 radical (unpaired) electrons. The summed E-state index contributed by atoms with van der Waals surface area (Å²) < 4.78 is 5.44. The average molecular weight is 315 g/mol. The number of ether oxygens (including phenoxy) is 1. The predicted octanol–water partition coefficient (Wildman–Crippen LogP) is 4.93. The van der Waals surface area contributed by atoms with Gasteiger partial charge in [0.2, 0.25) is 5.78 Å². The first-order valence-corrected chi connectivity index (χ1v) is 7.23. The second-order valence-corrected chi connectivity index (χ2v) is 6.36. The lowest BCUT2D eigenvalue weighted by Gasteiger charge is -2.08. The molecule has 0 atom stereocenters. The first-order valence-electron chi connectivity index (χ1n) is 5.66. The van der Waals surface area contributed by atoms with E-state index in [1.165, 1.54) is 0 Å². The molecule has 0 fully saturated rings. The normalized spacial score (nSPS) is 10.5. The van der Waals surface area contributed by atoms with Crippen LogP contribution in [0.4, 0.5) is 0 Å². The standard InChI is InChI=1S/C14H12Cl2O2S/c1-8-6-10(9(2)19-8)13(17)7-18-14-11(15)4-3-5-12(14)16/h3-6H,7H2,1-2H3. The quantitative estimate of drug-likeness (QED) is 0.748. The van der Waals surface area contributed by atoms with E-state index in [0.717, 1.165) is 9.75 Å². The smallest absolute Gasteiger partial charge is 0.201 e. The number of hydrogen-bond donors (Lipinski definition) is 0. The lowest BCUT2D eigenvalue weighted by Crippen LogP contribution is -2.12. The van der Waals surface area contributed by atoms with Crippen molar-refractivity contribution in [2.45, 2.75) is 13.8 Å². The third-order valence-electron chi connectivity index (χ3n) is 2.61. The second-order valence-electron chi connectivity index (χ2n) is 4.09. The minimum Gasteiger partial charge on any atom is -0.482 e. The van der Waals surface area contributed by atoms with Crippen LogP contribution in [0.1, 0.15) is 20.1 Å². The highest BCUT2D eigenvalue weighted by molar-refractivity contribution is 7.12. The molecule has 0 aliphatic rings. The van der Waals surface area contributed by atoms with E-state index >= 15 is 0 Å². The molecule has 1 aromatic heterocycles. The van der Waals surface area contributed by atoms with Crippen molar-refractivity contribution in [3.05, 3.63) is 49.6 Å². The number of carbonyl (C=O) groups excluding carboxylic acids is 1. The van der Waals surface area contributed by atoms with Gasteiger partial charge in [0, 0.05) is 15.3 Å². The van der Waals surface area contributed by atoms with E-state index in [4.69, 9.17) is 27.9 Å². The van der Waals surface area contributed by atoms with Crippen molar-refractivity contribution in [1.82, 2.24) is 0 Å². The third-order valence-corrected chi connectivity index (χ3v) is 4.17. The minimum atomic E-state index is -0.0714. The fourth-order valence-corrected chi connectivity index (χ4v) is 3.19. The predicted molar refractivity (Wildman–Crippen MR) is 80.1 cm³/mol. The van der Waals surface area contributed by atoms with E-state index in [-0.39, 0.29) is 12.4 Å². The van der Waals surface area contributed by atoms with Crippen molar-refractivity contribution in [3.63, 3.8) is 0 Å². The maximum absolute atomic E-state index is 12.1. The molecule has 1 heterocycles. The van der Waals surface area contributed by atoms with Gasteiger partial charge in [-0.2, -0.15) is 0 Å². The fourth-order valence-electron chi connectivity index (χ4n) is 1.74. The van der Waals surface area contributed by atoms with E-state index in [0.29, 0.717) is 21.4 Å². The summed E-state index contributed by atoms with van der Waals surface area (Å²) in [5.41, 5.74) is 0.700. The molecule has 19 heavy (non-hydrogen) atoms. The number of ketones is 1. The lowest BCUT2D eigenvalue weighted by atomic mass is 10.2. The molecule has 0 aliphatic heterocycles. The Morgan fingerprint density at radius 2 is 1.89 bits per heavy atom. The molecule has 0 aliphatic carbocycles. The zero-order valence-corrected chi connectivity index (χ0v) is 12.8. The molecule has 0 bridgehead atoms. The highest BCUT2D eigenvalue weighted by atomic mass is 35.5. The molecule has 2 aromatic rings. The molecule has 0 N–H and O–H groups in total. The second kappa shape index (κ2) is 5.95. The summed E-state index contributed by atoms with van der Waals surface area (Å²) in [7, 11) is 0. The Morgan fingerprint density at radius 1 is 1.26 bits per heavy atom. The SMILES string of the molecule is Cc1cc(C(=O)COc2c(Cl)cccc2Cl)c(C)s1. The zero-order valence-electron chi connectivity index (χ0n) is 10.5. The summed E-state index contributed by atoms with van der Waals surface area (Å²) in [6.07, 6.45) is 0. The summed E-state index contributed by atoms with van der Waals surface area (Å²) >= 11 is 13.5. The van der Waals surface area contributed by atoms with Crippen LogP contribution in [0.2, 0.25) is 10.0 Å². The van der Waals surface area contributed by atoms with Crippen molar-refractivity contribution in [2.75, 3.05) is 6.61 Å². The van der Waals surface area contributed by atoms with Crippen molar-refractivity contribution in [3.8, 4) is 5.75 Å². The molecule has 0 unspecified atom stereocenters. The Hall–Kier alpha value is -1.03. The van der Waals surface area contributed by atoms with Gasteiger partial charge in [-0.3, -0.25) is 4.79 Å². The minimum absolute atomic E-state index is 0.0690. The van der Waals surface area contributed by atoms with Gasteiger partial charge in [0.05, 0.1) is 10.0 Å². The van der Waals surface area contributed by atoms with Gasteiger partial charge in [-0.1, -0.05) is 29.3 Å². The summed E-state index contributed by atoms with van der Waals surface area (Å²) in [5, 5.41) is 0.803. The molecule has 0 amide bonds. The van der Waals surface area contributed by atoms with Crippen LogP contribution in [0.25, 0.3) is 0 Å². The topological polar surface area (TPSA) is 26.3 Å². The van der Waals surface area contributed by atoms with Gasteiger partial charge in [-0.05, 0) is 32.0 Å². The van der Waals surface area contributed by atoms with Gasteiger partial charge in [0.1, 0.15) is 0 Å².